The first-order valence-corrected chi connectivity index (χ1v) is 12.8. The third-order valence-corrected chi connectivity index (χ3v) is 7.27. The van der Waals surface area contributed by atoms with Crippen LogP contribution < -0.4 is 14.8 Å². The van der Waals surface area contributed by atoms with Crippen molar-refractivity contribution in [3.63, 3.8) is 0 Å². The molecule has 0 aromatic heterocycles. The van der Waals surface area contributed by atoms with Crippen LogP contribution in [0.4, 0.5) is 18.0 Å². The summed E-state index contributed by atoms with van der Waals surface area (Å²) in [7, 11) is 1.57. The van der Waals surface area contributed by atoms with Gasteiger partial charge in [-0.05, 0) is 54.8 Å². The molecule has 0 radical (unpaired) electrons. The van der Waals surface area contributed by atoms with Crippen LogP contribution in [0.25, 0.3) is 0 Å². The molecule has 1 aliphatic heterocycles. The van der Waals surface area contributed by atoms with E-state index in [1.807, 2.05) is 6.07 Å². The molecule has 1 heterocycles. The van der Waals surface area contributed by atoms with Gasteiger partial charge in [0.25, 0.3) is 0 Å². The van der Waals surface area contributed by atoms with Crippen LogP contribution in [0.5, 0.6) is 11.5 Å². The van der Waals surface area contributed by atoms with Gasteiger partial charge in [0.2, 0.25) is 5.60 Å². The maximum absolute atomic E-state index is 13.6. The maximum Gasteiger partial charge on any atom is 0.416 e. The zero-order chi connectivity index (χ0) is 29.0. The van der Waals surface area contributed by atoms with Gasteiger partial charge in [0.15, 0.2) is 0 Å². The first-order chi connectivity index (χ1) is 18.9. The van der Waals surface area contributed by atoms with Crippen molar-refractivity contribution < 1.29 is 37.3 Å². The van der Waals surface area contributed by atoms with Gasteiger partial charge < -0.3 is 24.8 Å². The molecule has 0 aliphatic carbocycles. The minimum absolute atomic E-state index is 0.00933. The van der Waals surface area contributed by atoms with Gasteiger partial charge in [-0.25, -0.2) is 9.59 Å². The Morgan fingerprint density at radius 2 is 1.65 bits per heavy atom. The topological polar surface area (TPSA) is 88.1 Å². The predicted octanol–water partition coefficient (Wildman–Crippen LogP) is 5.58. The van der Waals surface area contributed by atoms with E-state index in [9.17, 15) is 27.9 Å². The second-order valence-corrected chi connectivity index (χ2v) is 10.1. The average molecular weight is 557 g/mol. The molecular weight excluding hydrogens is 525 g/mol. The Balaban J connectivity index is 1.42. The molecule has 2 amide bonds. The summed E-state index contributed by atoms with van der Waals surface area (Å²) in [6.07, 6.45) is -4.10. The number of likely N-dealkylation sites (N-methyl/N-ethyl adjacent to an activating group) is 1. The van der Waals surface area contributed by atoms with E-state index in [-0.39, 0.29) is 44.0 Å². The van der Waals surface area contributed by atoms with Crippen molar-refractivity contribution >= 4 is 12.0 Å². The molecule has 0 bridgehead atoms. The van der Waals surface area contributed by atoms with E-state index in [0.717, 1.165) is 11.6 Å². The number of hydrogen-bond donors (Lipinski definition) is 2. The smallest absolute Gasteiger partial charge is 0.416 e. The van der Waals surface area contributed by atoms with Crippen molar-refractivity contribution in [2.75, 3.05) is 20.2 Å². The van der Waals surface area contributed by atoms with Crippen molar-refractivity contribution in [2.24, 2.45) is 0 Å². The van der Waals surface area contributed by atoms with Crippen molar-refractivity contribution in [3.8, 4) is 11.5 Å². The lowest BCUT2D eigenvalue weighted by Gasteiger charge is -2.35. The number of carboxylic acid groups (broad SMARTS) is 1. The van der Waals surface area contributed by atoms with Crippen LogP contribution in [-0.4, -0.2) is 53.3 Å². The number of hydrogen-bond acceptors (Lipinski definition) is 4. The maximum atomic E-state index is 13.6. The third kappa shape index (κ3) is 6.50. The standard InChI is InChI=1S/C30H31F3N2O5/c1-28(26(36)37,40-24-9-4-3-5-10-24)18-21-12-14-23(15-13-21)39-17-16-29(20-34-27(38)35(29)2)19-22-8-6-7-11-25(22)30(31,32)33/h3-15H,16-20H2,1-2H3,(H,34,38)(H,36,37). The van der Waals surface area contributed by atoms with Gasteiger partial charge in [0.05, 0.1) is 17.7 Å². The van der Waals surface area contributed by atoms with E-state index in [4.69, 9.17) is 9.47 Å². The molecule has 2 unspecified atom stereocenters. The zero-order valence-corrected chi connectivity index (χ0v) is 22.2. The Morgan fingerprint density at radius 1 is 1.00 bits per heavy atom. The molecule has 0 saturated carbocycles. The third-order valence-electron chi connectivity index (χ3n) is 7.27. The van der Waals surface area contributed by atoms with Gasteiger partial charge in [-0.3, -0.25) is 0 Å². The zero-order valence-electron chi connectivity index (χ0n) is 22.2. The molecule has 3 aromatic rings. The quantitative estimate of drug-likeness (QED) is 0.322. The molecule has 10 heteroatoms. The largest absolute Gasteiger partial charge is 0.494 e. The molecule has 0 spiro atoms. The first kappa shape index (κ1) is 28.8. The van der Waals surface area contributed by atoms with E-state index < -0.39 is 28.8 Å². The summed E-state index contributed by atoms with van der Waals surface area (Å²) >= 11 is 0. The molecule has 1 aliphatic rings. The van der Waals surface area contributed by atoms with E-state index in [0.29, 0.717) is 11.5 Å². The molecular formula is C30H31F3N2O5. The van der Waals surface area contributed by atoms with Gasteiger partial charge >= 0.3 is 18.2 Å². The molecule has 2 atom stereocenters. The fourth-order valence-electron chi connectivity index (χ4n) is 4.88. The summed E-state index contributed by atoms with van der Waals surface area (Å²) in [5.41, 5.74) is -2.28. The van der Waals surface area contributed by atoms with E-state index in [2.05, 4.69) is 5.32 Å². The second kappa shape index (κ2) is 11.5. The monoisotopic (exact) mass is 556 g/mol. The van der Waals surface area contributed by atoms with Gasteiger partial charge in [0, 0.05) is 26.4 Å². The Kier molecular flexibility index (Phi) is 8.27. The number of alkyl halides is 3. The summed E-state index contributed by atoms with van der Waals surface area (Å²) in [5.74, 6) is -0.141. The number of amides is 2. The summed E-state index contributed by atoms with van der Waals surface area (Å²) in [5, 5.41) is 12.5. The van der Waals surface area contributed by atoms with E-state index >= 15 is 0 Å². The van der Waals surface area contributed by atoms with Crippen molar-refractivity contribution in [1.82, 2.24) is 10.2 Å². The minimum Gasteiger partial charge on any atom is -0.494 e. The van der Waals surface area contributed by atoms with Crippen LogP contribution in [-0.2, 0) is 23.8 Å². The van der Waals surface area contributed by atoms with Crippen LogP contribution in [0.1, 0.15) is 30.0 Å². The summed E-state index contributed by atoms with van der Waals surface area (Å²) in [4.78, 5) is 25.8. The molecule has 212 valence electrons. The van der Waals surface area contributed by atoms with Crippen molar-refractivity contribution in [3.05, 3.63) is 95.6 Å². The number of carboxylic acids is 1. The number of benzene rings is 3. The molecule has 40 heavy (non-hydrogen) atoms. The Hall–Kier alpha value is -4.21. The molecule has 3 aromatic carbocycles. The molecule has 2 N–H and O–H groups in total. The SMILES string of the molecule is CN1C(=O)NCC1(CCOc1ccc(CC(C)(Oc2ccccc2)C(=O)O)cc1)Cc1ccccc1C(F)(F)F. The Labute approximate surface area is 230 Å². The number of nitrogens with zero attached hydrogens (tertiary/aromatic N) is 1. The van der Waals surface area contributed by atoms with Gasteiger partial charge in [0.1, 0.15) is 11.5 Å². The average Bonchev–Trinajstić information content (AvgIpc) is 3.18. The number of carbonyl (C=O) groups is 2. The van der Waals surface area contributed by atoms with Crippen LogP contribution >= 0.6 is 0 Å². The predicted molar refractivity (Wildman–Crippen MR) is 142 cm³/mol. The first-order valence-electron chi connectivity index (χ1n) is 12.8. The highest BCUT2D eigenvalue weighted by Crippen LogP contribution is 2.36. The number of aliphatic carboxylic acids is 1. The lowest BCUT2D eigenvalue weighted by atomic mass is 9.85. The lowest BCUT2D eigenvalue weighted by molar-refractivity contribution is -0.153. The van der Waals surface area contributed by atoms with Crippen LogP contribution in [0.15, 0.2) is 78.9 Å². The van der Waals surface area contributed by atoms with Crippen molar-refractivity contribution in [1.29, 1.82) is 0 Å². The molecule has 1 saturated heterocycles. The molecule has 4 rings (SSSR count). The lowest BCUT2D eigenvalue weighted by Crippen LogP contribution is -2.48. The van der Waals surface area contributed by atoms with E-state index in [1.54, 1.807) is 61.6 Å². The number of rotatable bonds is 11. The highest BCUT2D eigenvalue weighted by atomic mass is 19.4. The summed E-state index contributed by atoms with van der Waals surface area (Å²) < 4.78 is 52.6. The van der Waals surface area contributed by atoms with Crippen LogP contribution in [0.2, 0.25) is 0 Å². The number of urea groups is 1. The van der Waals surface area contributed by atoms with Crippen LogP contribution in [0, 0.1) is 0 Å². The molecule has 7 nitrogen and oxygen atoms in total. The number of ether oxygens (including phenoxy) is 2. The number of halogens is 3. The van der Waals surface area contributed by atoms with Crippen LogP contribution in [0.3, 0.4) is 0 Å². The fraction of sp³-hybridized carbons (Fsp3) is 0.333. The number of nitrogens with one attached hydrogen (secondary N) is 1. The Bertz CT molecular complexity index is 1330. The Morgan fingerprint density at radius 3 is 2.25 bits per heavy atom. The highest BCUT2D eigenvalue weighted by Gasteiger charge is 2.45. The van der Waals surface area contributed by atoms with E-state index in [1.165, 1.54) is 24.0 Å². The normalized spacial score (nSPS) is 18.6. The van der Waals surface area contributed by atoms with Crippen molar-refractivity contribution in [2.45, 2.75) is 43.5 Å². The molecule has 1 fully saturated rings. The summed E-state index contributed by atoms with van der Waals surface area (Å²) in [6.45, 7) is 1.85. The number of para-hydroxylation sites is 1. The second-order valence-electron chi connectivity index (χ2n) is 10.1. The van der Waals surface area contributed by atoms with Gasteiger partial charge in [-0.1, -0.05) is 48.5 Å². The van der Waals surface area contributed by atoms with Gasteiger partial charge in [-0.2, -0.15) is 13.2 Å². The fourth-order valence-corrected chi connectivity index (χ4v) is 4.88. The highest BCUT2D eigenvalue weighted by molar-refractivity contribution is 5.78. The number of carbonyl (C=O) groups excluding carboxylic acids is 1. The summed E-state index contributed by atoms with van der Waals surface area (Å²) in [6, 6.07) is 20.6. The van der Waals surface area contributed by atoms with Gasteiger partial charge in [-0.15, -0.1) is 0 Å². The minimum atomic E-state index is -4.51.